The van der Waals surface area contributed by atoms with Gasteiger partial charge in [0.25, 0.3) is 0 Å². The van der Waals surface area contributed by atoms with Crippen LogP contribution in [0.15, 0.2) is 53.7 Å². The first-order chi connectivity index (χ1) is 12.4. The van der Waals surface area contributed by atoms with E-state index in [4.69, 9.17) is 4.74 Å². The van der Waals surface area contributed by atoms with Gasteiger partial charge in [0.15, 0.2) is 0 Å². The summed E-state index contributed by atoms with van der Waals surface area (Å²) < 4.78 is 32.8. The van der Waals surface area contributed by atoms with Crippen molar-refractivity contribution < 1.29 is 13.2 Å². The molecule has 3 rings (SSSR count). The molecule has 0 unspecified atom stereocenters. The Labute approximate surface area is 155 Å². The number of rotatable bonds is 6. The minimum Gasteiger partial charge on any atom is -0.491 e. The molecular formula is C19H25N3O3S. The lowest BCUT2D eigenvalue weighted by Gasteiger charge is -2.34. The summed E-state index contributed by atoms with van der Waals surface area (Å²) >= 11 is 0. The smallest absolute Gasteiger partial charge is 0.243 e. The Kier molecular flexibility index (Phi) is 5.90. The van der Waals surface area contributed by atoms with Crippen LogP contribution in [0.3, 0.4) is 0 Å². The second kappa shape index (κ2) is 8.16. The quantitative estimate of drug-likeness (QED) is 0.776. The molecule has 0 atom stereocenters. The Bertz CT molecular complexity index is 800. The fourth-order valence-corrected chi connectivity index (χ4v) is 4.41. The fourth-order valence-electron chi connectivity index (χ4n) is 2.99. The topological polar surface area (TPSA) is 62.7 Å². The number of nitrogens with zero attached hydrogens (tertiary/aromatic N) is 3. The summed E-state index contributed by atoms with van der Waals surface area (Å²) in [5.74, 6) is 0.682. The molecule has 1 aliphatic rings. The van der Waals surface area contributed by atoms with Gasteiger partial charge >= 0.3 is 0 Å². The van der Waals surface area contributed by atoms with Crippen LogP contribution in [0.5, 0.6) is 5.75 Å². The van der Waals surface area contributed by atoms with Gasteiger partial charge in [-0.3, -0.25) is 9.88 Å². The molecule has 1 aliphatic heterocycles. The lowest BCUT2D eigenvalue weighted by atomic mass is 10.2. The highest BCUT2D eigenvalue weighted by molar-refractivity contribution is 7.89. The van der Waals surface area contributed by atoms with Crippen LogP contribution in [0, 0.1) is 0 Å². The van der Waals surface area contributed by atoms with Gasteiger partial charge in [0.2, 0.25) is 10.0 Å². The van der Waals surface area contributed by atoms with Gasteiger partial charge < -0.3 is 4.74 Å². The highest BCUT2D eigenvalue weighted by atomic mass is 32.2. The summed E-state index contributed by atoms with van der Waals surface area (Å²) in [5, 5.41) is 0. The first kappa shape index (κ1) is 18.8. The van der Waals surface area contributed by atoms with Gasteiger partial charge in [-0.2, -0.15) is 4.31 Å². The molecule has 1 saturated heterocycles. The van der Waals surface area contributed by atoms with Crippen LogP contribution in [-0.4, -0.2) is 54.9 Å². The van der Waals surface area contributed by atoms with E-state index in [1.807, 2.05) is 26.0 Å². The number of pyridine rings is 1. The zero-order valence-electron chi connectivity index (χ0n) is 15.2. The molecule has 140 valence electrons. The van der Waals surface area contributed by atoms with Crippen LogP contribution in [0.2, 0.25) is 0 Å². The molecule has 1 aromatic carbocycles. The van der Waals surface area contributed by atoms with Crippen molar-refractivity contribution >= 4 is 10.0 Å². The first-order valence-corrected chi connectivity index (χ1v) is 10.3. The van der Waals surface area contributed by atoms with Gasteiger partial charge in [0.1, 0.15) is 5.75 Å². The zero-order chi connectivity index (χ0) is 18.6. The number of hydrogen-bond donors (Lipinski definition) is 0. The monoisotopic (exact) mass is 375 g/mol. The van der Waals surface area contributed by atoms with E-state index in [-0.39, 0.29) is 6.10 Å². The van der Waals surface area contributed by atoms with Crippen molar-refractivity contribution in [3.8, 4) is 5.75 Å². The third-order valence-electron chi connectivity index (χ3n) is 4.32. The number of piperazine rings is 1. The molecule has 0 amide bonds. The summed E-state index contributed by atoms with van der Waals surface area (Å²) in [6.45, 7) is 7.13. The number of hydrogen-bond acceptors (Lipinski definition) is 5. The fraction of sp³-hybridized carbons (Fsp3) is 0.421. The van der Waals surface area contributed by atoms with Crippen molar-refractivity contribution in [2.45, 2.75) is 31.4 Å². The normalized spacial score (nSPS) is 16.7. The standard InChI is InChI=1S/C19H25N3O3S/c1-16(2)25-18-3-5-19(6-4-18)26(23,24)22-13-11-21(12-14-22)15-17-7-9-20-10-8-17/h3-10,16H,11-15H2,1-2H3. The van der Waals surface area contributed by atoms with Crippen LogP contribution >= 0.6 is 0 Å². The van der Waals surface area contributed by atoms with Crippen molar-refractivity contribution in [3.63, 3.8) is 0 Å². The Morgan fingerprint density at radius 2 is 1.62 bits per heavy atom. The van der Waals surface area contributed by atoms with E-state index in [0.29, 0.717) is 23.7 Å². The molecule has 0 bridgehead atoms. The minimum atomic E-state index is -3.46. The van der Waals surface area contributed by atoms with Crippen LogP contribution in [0.25, 0.3) is 0 Å². The van der Waals surface area contributed by atoms with Gasteiger partial charge in [0, 0.05) is 45.1 Å². The lowest BCUT2D eigenvalue weighted by Crippen LogP contribution is -2.48. The van der Waals surface area contributed by atoms with Crippen molar-refractivity contribution in [2.75, 3.05) is 26.2 Å². The number of sulfonamides is 1. The number of benzene rings is 1. The maximum atomic E-state index is 12.8. The van der Waals surface area contributed by atoms with Crippen LogP contribution in [0.1, 0.15) is 19.4 Å². The van der Waals surface area contributed by atoms with Gasteiger partial charge in [-0.15, -0.1) is 0 Å². The Hall–Kier alpha value is -1.96. The Balaban J connectivity index is 1.60. The summed E-state index contributed by atoms with van der Waals surface area (Å²) in [5.41, 5.74) is 1.19. The maximum absolute atomic E-state index is 12.8. The average molecular weight is 375 g/mol. The summed E-state index contributed by atoms with van der Waals surface area (Å²) in [6.07, 6.45) is 3.62. The molecule has 7 heteroatoms. The molecule has 0 aliphatic carbocycles. The van der Waals surface area contributed by atoms with E-state index in [2.05, 4.69) is 9.88 Å². The molecule has 0 saturated carbocycles. The Morgan fingerprint density at radius 1 is 1.00 bits per heavy atom. The third-order valence-corrected chi connectivity index (χ3v) is 6.23. The average Bonchev–Trinajstić information content (AvgIpc) is 2.63. The predicted molar refractivity (Wildman–Crippen MR) is 100 cm³/mol. The van der Waals surface area contributed by atoms with Crippen LogP contribution in [0.4, 0.5) is 0 Å². The largest absolute Gasteiger partial charge is 0.491 e. The van der Waals surface area contributed by atoms with Crippen molar-refractivity contribution in [1.29, 1.82) is 0 Å². The van der Waals surface area contributed by atoms with E-state index < -0.39 is 10.0 Å². The van der Waals surface area contributed by atoms with Crippen LogP contribution in [-0.2, 0) is 16.6 Å². The molecule has 26 heavy (non-hydrogen) atoms. The molecule has 1 fully saturated rings. The van der Waals surface area contributed by atoms with Gasteiger partial charge in [-0.1, -0.05) is 0 Å². The van der Waals surface area contributed by atoms with Gasteiger partial charge in [-0.05, 0) is 55.8 Å². The molecule has 0 radical (unpaired) electrons. The molecule has 1 aromatic heterocycles. The van der Waals surface area contributed by atoms with Gasteiger partial charge in [-0.25, -0.2) is 8.42 Å². The highest BCUT2D eigenvalue weighted by Gasteiger charge is 2.28. The van der Waals surface area contributed by atoms with E-state index in [0.717, 1.165) is 19.6 Å². The SMILES string of the molecule is CC(C)Oc1ccc(S(=O)(=O)N2CCN(Cc3ccncc3)CC2)cc1. The van der Waals surface area contributed by atoms with E-state index in [9.17, 15) is 8.42 Å². The highest BCUT2D eigenvalue weighted by Crippen LogP contribution is 2.21. The molecule has 0 N–H and O–H groups in total. The summed E-state index contributed by atoms with van der Waals surface area (Å²) in [4.78, 5) is 6.60. The van der Waals surface area contributed by atoms with Crippen molar-refractivity contribution in [1.82, 2.24) is 14.2 Å². The van der Waals surface area contributed by atoms with Crippen molar-refractivity contribution in [2.24, 2.45) is 0 Å². The minimum absolute atomic E-state index is 0.0610. The van der Waals surface area contributed by atoms with Crippen LogP contribution < -0.4 is 4.74 Å². The summed E-state index contributed by atoms with van der Waals surface area (Å²) in [7, 11) is -3.46. The second-order valence-electron chi connectivity index (χ2n) is 6.67. The van der Waals surface area contributed by atoms with Gasteiger partial charge in [0.05, 0.1) is 11.0 Å². The second-order valence-corrected chi connectivity index (χ2v) is 8.61. The predicted octanol–water partition coefficient (Wildman–Crippen LogP) is 2.38. The number of ether oxygens (including phenoxy) is 1. The zero-order valence-corrected chi connectivity index (χ0v) is 16.0. The van der Waals surface area contributed by atoms with E-state index in [1.165, 1.54) is 5.56 Å². The molecule has 6 nitrogen and oxygen atoms in total. The molecule has 2 heterocycles. The lowest BCUT2D eigenvalue weighted by molar-refractivity contribution is 0.181. The molecule has 0 spiro atoms. The molecular weight excluding hydrogens is 350 g/mol. The van der Waals surface area contributed by atoms with E-state index in [1.54, 1.807) is 41.0 Å². The van der Waals surface area contributed by atoms with Crippen molar-refractivity contribution in [3.05, 3.63) is 54.4 Å². The third kappa shape index (κ3) is 4.60. The maximum Gasteiger partial charge on any atom is 0.243 e. The molecule has 2 aromatic rings. The number of aromatic nitrogens is 1. The first-order valence-electron chi connectivity index (χ1n) is 8.83. The summed E-state index contributed by atoms with van der Waals surface area (Å²) in [6, 6.07) is 10.7. The van der Waals surface area contributed by atoms with E-state index >= 15 is 0 Å². The Morgan fingerprint density at radius 3 is 2.19 bits per heavy atom.